The van der Waals surface area contributed by atoms with Crippen LogP contribution in [0.25, 0.3) is 0 Å². The predicted molar refractivity (Wildman–Crippen MR) is 142 cm³/mol. The van der Waals surface area contributed by atoms with Gasteiger partial charge in [-0.15, -0.1) is 0 Å². The van der Waals surface area contributed by atoms with Crippen molar-refractivity contribution in [3.8, 4) is 0 Å². The topological polar surface area (TPSA) is 0 Å². The van der Waals surface area contributed by atoms with Gasteiger partial charge >= 0.3 is 0 Å². The summed E-state index contributed by atoms with van der Waals surface area (Å²) in [5.74, 6) is 36.7. The largest absolute Gasteiger partial charge is 0.0845 e. The Morgan fingerprint density at radius 3 is 1.03 bits per heavy atom. The second-order valence-corrected chi connectivity index (χ2v) is 20.0. The molecule has 30 atom stereocenters. The second kappa shape index (κ2) is 4.91. The molecule has 0 aromatic heterocycles. The molecule has 0 bridgehead atoms. The molecular formula is C38H44. The summed E-state index contributed by atoms with van der Waals surface area (Å²) in [4.78, 5) is 0. The second-order valence-electron chi connectivity index (χ2n) is 20.0. The van der Waals surface area contributed by atoms with Crippen LogP contribution in [0.15, 0.2) is 12.2 Å². The van der Waals surface area contributed by atoms with Gasteiger partial charge in [0.1, 0.15) is 0 Å². The minimum absolute atomic E-state index is 1.05. The average Bonchev–Trinajstić information content (AvgIpc) is 3.77. The number of allylic oxidation sites excluding steroid dienone is 2. The molecule has 0 radical (unpaired) electrons. The lowest BCUT2D eigenvalue weighted by Crippen LogP contribution is -2.57. The molecule has 0 heterocycles. The smallest absolute Gasteiger partial charge is 0.0168 e. The SMILES string of the molecule is C1=CC2C3CCC4C5CC6C7CCC8C9CC%10C1C1C2C2C3C4C3C5C6C4C7C8C5C9C%10C1C1C2C3C4C51. The first-order chi connectivity index (χ1) is 18.9. The van der Waals surface area contributed by atoms with Gasteiger partial charge in [0.2, 0.25) is 0 Å². The molecular weight excluding hydrogens is 456 g/mol. The number of fused-ring (bicyclic) bond motifs is 5. The summed E-state index contributed by atoms with van der Waals surface area (Å²) in [5, 5.41) is 0. The van der Waals surface area contributed by atoms with Crippen LogP contribution in [0.2, 0.25) is 0 Å². The van der Waals surface area contributed by atoms with Gasteiger partial charge in [-0.3, -0.25) is 0 Å². The molecule has 38 heavy (non-hydrogen) atoms. The van der Waals surface area contributed by atoms with Gasteiger partial charge in [0.25, 0.3) is 0 Å². The minimum atomic E-state index is 1.05. The third-order valence-electron chi connectivity index (χ3n) is 21.9. The van der Waals surface area contributed by atoms with Crippen LogP contribution >= 0.6 is 0 Å². The van der Waals surface area contributed by atoms with Crippen molar-refractivity contribution in [3.05, 3.63) is 12.2 Å². The molecule has 16 rings (SSSR count). The number of rotatable bonds is 0. The van der Waals surface area contributed by atoms with Crippen molar-refractivity contribution >= 4 is 0 Å². The molecule has 0 N–H and O–H groups in total. The molecule has 0 spiro atoms. The van der Waals surface area contributed by atoms with Gasteiger partial charge in [-0.25, -0.2) is 0 Å². The summed E-state index contributed by atoms with van der Waals surface area (Å²) in [5.41, 5.74) is 0. The fourth-order valence-corrected chi connectivity index (χ4v) is 23.8. The van der Waals surface area contributed by atoms with E-state index in [2.05, 4.69) is 12.2 Å². The normalized spacial score (nSPS) is 89.9. The molecule has 30 unspecified atom stereocenters. The summed E-state index contributed by atoms with van der Waals surface area (Å²) >= 11 is 0. The summed E-state index contributed by atoms with van der Waals surface area (Å²) in [7, 11) is 0. The zero-order valence-electron chi connectivity index (χ0n) is 22.7. The van der Waals surface area contributed by atoms with Crippen LogP contribution in [-0.2, 0) is 0 Å². The van der Waals surface area contributed by atoms with Crippen LogP contribution in [0.1, 0.15) is 38.5 Å². The Hall–Kier alpha value is -0.260. The standard InChI is InChI=1S/C38H44/c1-3-11-15-7-17-13-5-6-14-18-8-16-12-4-2-10-9(1)19-21(11)30-25(15)27(17)32-23(13)24(14)33-28(18)26(16)31-22(12)20(10)29(19)34-35(30)37(32)38(33)36(31)34/h1,3,9-38H,2,4-8H2. The van der Waals surface area contributed by atoms with Gasteiger partial charge < -0.3 is 0 Å². The molecule has 0 amide bonds. The molecule has 196 valence electrons. The lowest BCUT2D eigenvalue weighted by atomic mass is 9.43. The molecule has 0 aromatic carbocycles. The summed E-state index contributed by atoms with van der Waals surface area (Å²) in [6, 6.07) is 0. The summed E-state index contributed by atoms with van der Waals surface area (Å²) in [6.45, 7) is 0. The van der Waals surface area contributed by atoms with E-state index in [1.807, 2.05) is 0 Å². The highest BCUT2D eigenvalue weighted by Gasteiger charge is 2.89. The molecule has 15 saturated carbocycles. The van der Waals surface area contributed by atoms with Gasteiger partial charge in [0, 0.05) is 0 Å². The first-order valence-electron chi connectivity index (χ1n) is 18.6. The van der Waals surface area contributed by atoms with Gasteiger partial charge in [-0.1, -0.05) is 12.2 Å². The molecule has 0 nitrogen and oxygen atoms in total. The van der Waals surface area contributed by atoms with Crippen molar-refractivity contribution in [1.82, 2.24) is 0 Å². The lowest BCUT2D eigenvalue weighted by Gasteiger charge is -2.61. The van der Waals surface area contributed by atoms with Crippen LogP contribution in [0, 0.1) is 178 Å². The first-order valence-corrected chi connectivity index (χ1v) is 18.6. The maximum atomic E-state index is 3.00. The quantitative estimate of drug-likeness (QED) is 0.329. The van der Waals surface area contributed by atoms with Gasteiger partial charge in [-0.2, -0.15) is 0 Å². The highest BCUT2D eigenvalue weighted by Crippen LogP contribution is 2.93. The molecule has 16 aliphatic rings. The van der Waals surface area contributed by atoms with Gasteiger partial charge in [-0.05, 0) is 216 Å². The van der Waals surface area contributed by atoms with E-state index in [-0.39, 0.29) is 0 Å². The highest BCUT2D eigenvalue weighted by atomic mass is 14.9. The molecule has 0 aromatic rings. The van der Waals surface area contributed by atoms with E-state index >= 15 is 0 Å². The summed E-state index contributed by atoms with van der Waals surface area (Å²) in [6.07, 6.45) is 16.3. The van der Waals surface area contributed by atoms with Crippen molar-refractivity contribution in [2.75, 3.05) is 0 Å². The molecule has 0 saturated heterocycles. The van der Waals surface area contributed by atoms with Gasteiger partial charge in [0.05, 0.1) is 0 Å². The first kappa shape index (κ1) is 18.3. The summed E-state index contributed by atoms with van der Waals surface area (Å²) < 4.78 is 0. The van der Waals surface area contributed by atoms with Crippen molar-refractivity contribution in [2.24, 2.45) is 178 Å². The maximum Gasteiger partial charge on any atom is -0.0168 e. The average molecular weight is 501 g/mol. The number of hydrogen-bond acceptors (Lipinski definition) is 0. The Morgan fingerprint density at radius 2 is 0.526 bits per heavy atom. The Balaban J connectivity index is 1.09. The highest BCUT2D eigenvalue weighted by molar-refractivity contribution is 5.38. The minimum Gasteiger partial charge on any atom is -0.0845 e. The van der Waals surface area contributed by atoms with Gasteiger partial charge in [0.15, 0.2) is 0 Å². The van der Waals surface area contributed by atoms with E-state index in [1.54, 1.807) is 38.5 Å². The van der Waals surface area contributed by atoms with E-state index in [9.17, 15) is 0 Å². The molecule has 15 fully saturated rings. The Bertz CT molecular complexity index is 1340. The van der Waals surface area contributed by atoms with Crippen molar-refractivity contribution in [1.29, 1.82) is 0 Å². The Morgan fingerprint density at radius 1 is 0.237 bits per heavy atom. The van der Waals surface area contributed by atoms with E-state index in [0.29, 0.717) is 0 Å². The van der Waals surface area contributed by atoms with Crippen molar-refractivity contribution in [2.45, 2.75) is 38.5 Å². The monoisotopic (exact) mass is 500 g/mol. The molecule has 0 aliphatic heterocycles. The number of hydrogen-bond donors (Lipinski definition) is 0. The molecule has 0 heteroatoms. The van der Waals surface area contributed by atoms with Crippen molar-refractivity contribution < 1.29 is 0 Å². The third-order valence-corrected chi connectivity index (χ3v) is 21.9. The van der Waals surface area contributed by atoms with E-state index in [0.717, 1.165) is 23.7 Å². The Kier molecular flexibility index (Phi) is 2.37. The zero-order chi connectivity index (χ0) is 23.0. The Labute approximate surface area is 227 Å². The predicted octanol–water partition coefficient (Wildman–Crippen LogP) is 6.59. The van der Waals surface area contributed by atoms with Crippen LogP contribution in [0.4, 0.5) is 0 Å². The van der Waals surface area contributed by atoms with E-state index in [1.165, 1.54) is 154 Å². The van der Waals surface area contributed by atoms with Crippen LogP contribution in [-0.4, -0.2) is 0 Å². The zero-order valence-corrected chi connectivity index (χ0v) is 22.7. The fourth-order valence-electron chi connectivity index (χ4n) is 23.8. The third kappa shape index (κ3) is 1.29. The molecule has 16 aliphatic carbocycles. The van der Waals surface area contributed by atoms with E-state index < -0.39 is 0 Å². The van der Waals surface area contributed by atoms with E-state index in [4.69, 9.17) is 0 Å². The van der Waals surface area contributed by atoms with Crippen LogP contribution in [0.3, 0.4) is 0 Å². The van der Waals surface area contributed by atoms with Crippen LogP contribution in [0.5, 0.6) is 0 Å². The van der Waals surface area contributed by atoms with Crippen molar-refractivity contribution in [3.63, 3.8) is 0 Å². The maximum absolute atomic E-state index is 3.00. The van der Waals surface area contributed by atoms with Crippen LogP contribution < -0.4 is 0 Å². The lowest BCUT2D eigenvalue weighted by molar-refractivity contribution is -0.141. The fraction of sp³-hybridized carbons (Fsp3) is 0.947.